The Hall–Kier alpha value is -2.21. The van der Waals surface area contributed by atoms with Gasteiger partial charge in [-0.1, -0.05) is 12.2 Å². The normalized spacial score (nSPS) is 23.8. The van der Waals surface area contributed by atoms with Crippen LogP contribution in [0.15, 0.2) is 18.2 Å². The smallest absolute Gasteiger partial charge is 0.220 e. The molecule has 6 heteroatoms. The number of rotatable bonds is 8. The maximum absolute atomic E-state index is 12.2. The van der Waals surface area contributed by atoms with Crippen molar-refractivity contribution in [1.82, 2.24) is 24.8 Å². The molecular weight excluding hydrogens is 398 g/mol. The highest BCUT2D eigenvalue weighted by atomic mass is 16.1. The van der Waals surface area contributed by atoms with E-state index in [-0.39, 0.29) is 5.91 Å². The summed E-state index contributed by atoms with van der Waals surface area (Å²) in [6.45, 7) is 7.37. The van der Waals surface area contributed by atoms with E-state index >= 15 is 0 Å². The van der Waals surface area contributed by atoms with Gasteiger partial charge in [0.2, 0.25) is 5.91 Å². The van der Waals surface area contributed by atoms with Crippen LogP contribution in [0.1, 0.15) is 80.1 Å². The van der Waals surface area contributed by atoms with Gasteiger partial charge in [-0.3, -0.25) is 9.69 Å². The number of aryl methyl sites for hydroxylation is 2. The molecule has 0 bridgehead atoms. The zero-order valence-corrected chi connectivity index (χ0v) is 19.6. The molecule has 0 radical (unpaired) electrons. The summed E-state index contributed by atoms with van der Waals surface area (Å²) >= 11 is 0. The number of carbonyl (C=O) groups excluding carboxylic acids is 1. The summed E-state index contributed by atoms with van der Waals surface area (Å²) in [5.41, 5.74) is 5.39. The molecular formula is C26H37N5O. The zero-order valence-electron chi connectivity index (χ0n) is 19.6. The minimum atomic E-state index is 0.149. The van der Waals surface area contributed by atoms with Crippen LogP contribution >= 0.6 is 0 Å². The van der Waals surface area contributed by atoms with Gasteiger partial charge >= 0.3 is 0 Å². The Kier molecular flexibility index (Phi) is 6.31. The minimum Gasteiger partial charge on any atom is -0.356 e. The van der Waals surface area contributed by atoms with Crippen LogP contribution in [0.25, 0.3) is 5.65 Å². The van der Waals surface area contributed by atoms with Gasteiger partial charge in [0.05, 0.1) is 11.7 Å². The van der Waals surface area contributed by atoms with Crippen LogP contribution in [0.2, 0.25) is 0 Å². The predicted molar refractivity (Wildman–Crippen MR) is 127 cm³/mol. The van der Waals surface area contributed by atoms with E-state index in [4.69, 9.17) is 10.1 Å². The number of nitrogens with one attached hydrogen (secondary N) is 1. The average Bonchev–Trinajstić information content (AvgIpc) is 3.35. The van der Waals surface area contributed by atoms with Crippen LogP contribution in [0, 0.1) is 25.7 Å². The van der Waals surface area contributed by atoms with Crippen LogP contribution in [-0.4, -0.2) is 45.0 Å². The Labute approximate surface area is 191 Å². The van der Waals surface area contributed by atoms with E-state index in [1.807, 2.05) is 4.52 Å². The summed E-state index contributed by atoms with van der Waals surface area (Å²) in [5.74, 6) is 1.64. The third-order valence-corrected chi connectivity index (χ3v) is 7.65. The average molecular weight is 436 g/mol. The molecule has 3 heterocycles. The summed E-state index contributed by atoms with van der Waals surface area (Å²) in [7, 11) is 0. The van der Waals surface area contributed by atoms with E-state index in [1.165, 1.54) is 58.0 Å². The maximum Gasteiger partial charge on any atom is 0.220 e. The number of likely N-dealkylation sites (tertiary alicyclic amines) is 1. The Morgan fingerprint density at radius 3 is 2.81 bits per heavy atom. The molecule has 1 amide bonds. The lowest BCUT2D eigenvalue weighted by molar-refractivity contribution is -0.121. The van der Waals surface area contributed by atoms with Gasteiger partial charge in [-0.25, -0.2) is 9.50 Å². The molecule has 0 spiro atoms. The summed E-state index contributed by atoms with van der Waals surface area (Å²) in [6.07, 6.45) is 14.6. The molecule has 32 heavy (non-hydrogen) atoms. The summed E-state index contributed by atoms with van der Waals surface area (Å²) in [5, 5.41) is 8.11. The lowest BCUT2D eigenvalue weighted by Gasteiger charge is -2.28. The van der Waals surface area contributed by atoms with Crippen molar-refractivity contribution in [2.75, 3.05) is 19.6 Å². The van der Waals surface area contributed by atoms with Crippen LogP contribution < -0.4 is 5.32 Å². The quantitative estimate of drug-likeness (QED) is 0.628. The van der Waals surface area contributed by atoms with Crippen LogP contribution in [-0.2, 0) is 11.2 Å². The lowest BCUT2D eigenvalue weighted by Crippen LogP contribution is -2.30. The van der Waals surface area contributed by atoms with Crippen molar-refractivity contribution in [3.63, 3.8) is 0 Å². The number of carbonyl (C=O) groups is 1. The molecule has 2 aliphatic carbocycles. The van der Waals surface area contributed by atoms with Crippen molar-refractivity contribution in [3.05, 3.63) is 40.9 Å². The summed E-state index contributed by atoms with van der Waals surface area (Å²) in [4.78, 5) is 19.8. The second-order valence-corrected chi connectivity index (χ2v) is 10.2. The molecule has 1 N–H and O–H groups in total. The highest BCUT2D eigenvalue weighted by Crippen LogP contribution is 2.34. The molecule has 6 nitrogen and oxygen atoms in total. The van der Waals surface area contributed by atoms with Crippen molar-refractivity contribution in [2.45, 2.75) is 77.7 Å². The third-order valence-electron chi connectivity index (χ3n) is 7.65. The van der Waals surface area contributed by atoms with Crippen LogP contribution in [0.5, 0.6) is 0 Å². The van der Waals surface area contributed by atoms with E-state index in [0.717, 1.165) is 47.2 Å². The van der Waals surface area contributed by atoms with E-state index in [9.17, 15) is 4.79 Å². The predicted octanol–water partition coefficient (Wildman–Crippen LogP) is 4.30. The number of hydrogen-bond donors (Lipinski definition) is 1. The van der Waals surface area contributed by atoms with E-state index in [1.54, 1.807) is 0 Å². The van der Waals surface area contributed by atoms with Gasteiger partial charge in [0, 0.05) is 37.0 Å². The van der Waals surface area contributed by atoms with E-state index in [2.05, 4.69) is 42.3 Å². The van der Waals surface area contributed by atoms with Crippen LogP contribution in [0.4, 0.5) is 0 Å². The zero-order chi connectivity index (χ0) is 22.1. The van der Waals surface area contributed by atoms with Gasteiger partial charge in [-0.2, -0.15) is 5.10 Å². The first kappa shape index (κ1) is 21.6. The van der Waals surface area contributed by atoms with E-state index < -0.39 is 0 Å². The maximum atomic E-state index is 12.2. The molecule has 0 aromatic carbocycles. The minimum absolute atomic E-state index is 0.149. The van der Waals surface area contributed by atoms with Gasteiger partial charge in [-0.15, -0.1) is 0 Å². The van der Waals surface area contributed by atoms with Gasteiger partial charge in [-0.05, 0) is 89.2 Å². The van der Waals surface area contributed by atoms with Crippen molar-refractivity contribution < 1.29 is 4.79 Å². The standard InChI is InChI=1S/C26H37N5O/c1-18-22(12-13-26(32)27-16-20-10-11-20)19(2)31-25(28-18)15-23(29-31)24-9-6-14-30(24)17-21-7-4-3-5-8-21/h3-4,15,20-21,24H,5-14,16-17H2,1-2H3,(H,27,32)/t21-,24-/m1/s1. The summed E-state index contributed by atoms with van der Waals surface area (Å²) in [6, 6.07) is 2.59. The van der Waals surface area contributed by atoms with Gasteiger partial charge in [0.15, 0.2) is 5.65 Å². The molecule has 0 unspecified atom stereocenters. The number of allylic oxidation sites excluding steroid dienone is 2. The van der Waals surface area contributed by atoms with Crippen molar-refractivity contribution in [2.24, 2.45) is 11.8 Å². The molecule has 2 atom stereocenters. The van der Waals surface area contributed by atoms with E-state index in [0.29, 0.717) is 18.4 Å². The highest BCUT2D eigenvalue weighted by Gasteiger charge is 2.30. The number of nitrogens with zero attached hydrogens (tertiary/aromatic N) is 4. The fourth-order valence-corrected chi connectivity index (χ4v) is 5.51. The molecule has 2 aromatic heterocycles. The molecule has 2 fully saturated rings. The molecule has 2 aromatic rings. The largest absolute Gasteiger partial charge is 0.356 e. The first-order valence-corrected chi connectivity index (χ1v) is 12.6. The monoisotopic (exact) mass is 435 g/mol. The molecule has 1 saturated carbocycles. The van der Waals surface area contributed by atoms with Gasteiger partial charge in [0.25, 0.3) is 0 Å². The number of aromatic nitrogens is 3. The lowest BCUT2D eigenvalue weighted by atomic mass is 9.93. The van der Waals surface area contributed by atoms with Crippen molar-refractivity contribution >= 4 is 11.6 Å². The first-order chi connectivity index (χ1) is 15.6. The number of hydrogen-bond acceptors (Lipinski definition) is 4. The van der Waals surface area contributed by atoms with Crippen LogP contribution in [0.3, 0.4) is 0 Å². The second kappa shape index (κ2) is 9.34. The Balaban J connectivity index is 1.30. The number of amides is 1. The SMILES string of the molecule is Cc1nc2cc([C@H]3CCCN3C[C@@H]3CC=CCC3)nn2c(C)c1CCC(=O)NCC1CC1. The fraction of sp³-hybridized carbons (Fsp3) is 0.654. The summed E-state index contributed by atoms with van der Waals surface area (Å²) < 4.78 is 2.01. The molecule has 5 rings (SSSR count). The molecule has 172 valence electrons. The Morgan fingerprint density at radius 2 is 2.03 bits per heavy atom. The molecule has 1 aliphatic heterocycles. The Bertz CT molecular complexity index is 1010. The first-order valence-electron chi connectivity index (χ1n) is 12.6. The third kappa shape index (κ3) is 4.75. The van der Waals surface area contributed by atoms with Crippen molar-refractivity contribution in [3.8, 4) is 0 Å². The van der Waals surface area contributed by atoms with Crippen molar-refractivity contribution in [1.29, 1.82) is 0 Å². The Morgan fingerprint density at radius 1 is 1.16 bits per heavy atom. The van der Waals surface area contributed by atoms with Gasteiger partial charge in [0.1, 0.15) is 0 Å². The fourth-order valence-electron chi connectivity index (χ4n) is 5.51. The van der Waals surface area contributed by atoms with Gasteiger partial charge < -0.3 is 5.32 Å². The molecule has 1 saturated heterocycles. The second-order valence-electron chi connectivity index (χ2n) is 10.2. The topological polar surface area (TPSA) is 62.5 Å². The number of fused-ring (bicyclic) bond motifs is 1. The molecule has 3 aliphatic rings. The highest BCUT2D eigenvalue weighted by molar-refractivity contribution is 5.76.